The predicted octanol–water partition coefficient (Wildman–Crippen LogP) is 4.39. The van der Waals surface area contributed by atoms with E-state index in [4.69, 9.17) is 0 Å². The van der Waals surface area contributed by atoms with Gasteiger partial charge in [0.25, 0.3) is 0 Å². The fourth-order valence-corrected chi connectivity index (χ4v) is 2.67. The van der Waals surface area contributed by atoms with Gasteiger partial charge in [0.2, 0.25) is 0 Å². The number of aromatic nitrogens is 1. The van der Waals surface area contributed by atoms with E-state index in [1.54, 1.807) is 11.3 Å². The van der Waals surface area contributed by atoms with Gasteiger partial charge in [-0.15, -0.1) is 0 Å². The van der Waals surface area contributed by atoms with E-state index in [1.165, 1.54) is 5.56 Å². The molecule has 0 saturated carbocycles. The Morgan fingerprint density at radius 2 is 2.19 bits per heavy atom. The molecule has 0 fully saturated rings. The third kappa shape index (κ3) is 2.62. The molecule has 0 aliphatic rings. The van der Waals surface area contributed by atoms with Crippen LogP contribution in [0.5, 0.6) is 0 Å². The van der Waals surface area contributed by atoms with E-state index in [9.17, 15) is 0 Å². The van der Waals surface area contributed by atoms with Crippen molar-refractivity contribution < 1.29 is 0 Å². The average Bonchev–Trinajstić information content (AvgIpc) is 2.75. The van der Waals surface area contributed by atoms with Crippen LogP contribution in [0.25, 0.3) is 0 Å². The summed E-state index contributed by atoms with van der Waals surface area (Å²) in [5.74, 6) is 0. The lowest BCUT2D eigenvalue weighted by Crippen LogP contribution is -2.07. The van der Waals surface area contributed by atoms with Crippen molar-refractivity contribution in [2.45, 2.75) is 19.9 Å². The molecule has 0 radical (unpaired) electrons. The molecule has 0 saturated heterocycles. The largest absolute Gasteiger partial charge is 0.377 e. The lowest BCUT2D eigenvalue weighted by Gasteiger charge is -2.15. The fraction of sp³-hybridized carbons (Fsp3) is 0.250. The highest BCUT2D eigenvalue weighted by Gasteiger charge is 2.07. The minimum atomic E-state index is 0.313. The monoisotopic (exact) mass is 296 g/mol. The van der Waals surface area contributed by atoms with E-state index in [0.717, 1.165) is 16.0 Å². The summed E-state index contributed by atoms with van der Waals surface area (Å²) in [6.45, 7) is 4.16. The number of pyridine rings is 1. The Labute approximate surface area is 108 Å². The summed E-state index contributed by atoms with van der Waals surface area (Å²) < 4.78 is 0.874. The number of hydrogen-bond acceptors (Lipinski definition) is 3. The van der Waals surface area contributed by atoms with Crippen LogP contribution in [0.4, 0.5) is 5.69 Å². The number of aryl methyl sites for hydroxylation is 1. The van der Waals surface area contributed by atoms with Gasteiger partial charge in [0.05, 0.1) is 11.4 Å². The molecule has 1 atom stereocenters. The van der Waals surface area contributed by atoms with Crippen molar-refractivity contribution in [2.24, 2.45) is 0 Å². The van der Waals surface area contributed by atoms with E-state index in [1.807, 2.05) is 13.0 Å². The first kappa shape index (κ1) is 11.6. The summed E-state index contributed by atoms with van der Waals surface area (Å²) >= 11 is 5.09. The van der Waals surface area contributed by atoms with E-state index < -0.39 is 0 Å². The minimum Gasteiger partial charge on any atom is -0.377 e. The normalized spacial score (nSPS) is 12.4. The number of anilines is 1. The molecule has 1 N–H and O–H groups in total. The zero-order chi connectivity index (χ0) is 11.5. The van der Waals surface area contributed by atoms with Gasteiger partial charge in [-0.1, -0.05) is 0 Å². The number of thiophene rings is 1. The highest BCUT2D eigenvalue weighted by Crippen LogP contribution is 2.23. The summed E-state index contributed by atoms with van der Waals surface area (Å²) in [6, 6.07) is 6.46. The minimum absolute atomic E-state index is 0.313. The smallest absolute Gasteiger partial charge is 0.106 e. The number of nitrogens with zero attached hydrogens (tertiary/aromatic N) is 1. The second kappa shape index (κ2) is 4.97. The van der Waals surface area contributed by atoms with Gasteiger partial charge in [0, 0.05) is 6.04 Å². The van der Waals surface area contributed by atoms with Crippen molar-refractivity contribution in [3.8, 4) is 0 Å². The van der Waals surface area contributed by atoms with Crippen molar-refractivity contribution >= 4 is 33.0 Å². The zero-order valence-corrected chi connectivity index (χ0v) is 11.6. The molecule has 2 nitrogen and oxygen atoms in total. The first-order valence-corrected chi connectivity index (χ1v) is 6.82. The number of hydrogen-bond donors (Lipinski definition) is 1. The quantitative estimate of drug-likeness (QED) is 0.850. The van der Waals surface area contributed by atoms with Crippen LogP contribution in [0.15, 0.2) is 33.6 Å². The molecule has 0 aromatic carbocycles. The molecule has 16 heavy (non-hydrogen) atoms. The molecule has 0 aliphatic carbocycles. The molecule has 1 unspecified atom stereocenters. The van der Waals surface area contributed by atoms with Crippen LogP contribution >= 0.6 is 27.3 Å². The number of nitrogens with one attached hydrogen (secondary N) is 1. The van der Waals surface area contributed by atoms with Gasteiger partial charge < -0.3 is 5.32 Å². The van der Waals surface area contributed by atoms with Gasteiger partial charge >= 0.3 is 0 Å². The predicted molar refractivity (Wildman–Crippen MR) is 73.0 cm³/mol. The van der Waals surface area contributed by atoms with Crippen molar-refractivity contribution in [3.05, 3.63) is 44.8 Å². The fourth-order valence-electron chi connectivity index (χ4n) is 1.52. The molecule has 2 aromatic heterocycles. The van der Waals surface area contributed by atoms with Gasteiger partial charge in [0.15, 0.2) is 0 Å². The lowest BCUT2D eigenvalue weighted by atomic mass is 10.1. The summed E-state index contributed by atoms with van der Waals surface area (Å²) in [4.78, 5) is 4.36. The second-order valence-electron chi connectivity index (χ2n) is 3.69. The third-order valence-corrected chi connectivity index (χ3v) is 3.61. The second-order valence-corrected chi connectivity index (χ2v) is 5.28. The molecule has 84 valence electrons. The average molecular weight is 297 g/mol. The van der Waals surface area contributed by atoms with Gasteiger partial charge in [-0.2, -0.15) is 11.3 Å². The van der Waals surface area contributed by atoms with Crippen molar-refractivity contribution in [2.75, 3.05) is 5.32 Å². The Balaban J connectivity index is 2.15. The first-order chi connectivity index (χ1) is 7.66. The lowest BCUT2D eigenvalue weighted by molar-refractivity contribution is 0.884. The van der Waals surface area contributed by atoms with Crippen LogP contribution < -0.4 is 5.32 Å². The highest BCUT2D eigenvalue weighted by molar-refractivity contribution is 9.10. The Hall–Kier alpha value is -0.870. The Morgan fingerprint density at radius 1 is 1.38 bits per heavy atom. The third-order valence-electron chi connectivity index (χ3n) is 2.47. The van der Waals surface area contributed by atoms with Crippen molar-refractivity contribution in [1.82, 2.24) is 4.98 Å². The Kier molecular flexibility index (Phi) is 3.61. The van der Waals surface area contributed by atoms with Crippen LogP contribution in [0.3, 0.4) is 0 Å². The summed E-state index contributed by atoms with van der Waals surface area (Å²) in [6.07, 6.45) is 0. The molecule has 2 aromatic rings. The molecule has 2 heterocycles. The summed E-state index contributed by atoms with van der Waals surface area (Å²) in [5, 5.41) is 7.73. The SMILES string of the molecule is Cc1nc(Br)ccc1NC(C)c1ccsc1. The van der Waals surface area contributed by atoms with E-state index in [-0.39, 0.29) is 0 Å². The van der Waals surface area contributed by atoms with Crippen LogP contribution in [-0.4, -0.2) is 4.98 Å². The van der Waals surface area contributed by atoms with Crippen LogP contribution in [-0.2, 0) is 0 Å². The maximum Gasteiger partial charge on any atom is 0.106 e. The molecule has 0 aliphatic heterocycles. The molecule has 4 heteroatoms. The van der Waals surface area contributed by atoms with E-state index in [2.05, 4.69) is 56.0 Å². The molecule has 0 spiro atoms. The van der Waals surface area contributed by atoms with Crippen LogP contribution in [0.2, 0.25) is 0 Å². The molecular weight excluding hydrogens is 284 g/mol. The van der Waals surface area contributed by atoms with E-state index >= 15 is 0 Å². The van der Waals surface area contributed by atoms with Gasteiger partial charge in [-0.25, -0.2) is 4.98 Å². The molecule has 0 amide bonds. The van der Waals surface area contributed by atoms with Crippen molar-refractivity contribution in [3.63, 3.8) is 0 Å². The first-order valence-electron chi connectivity index (χ1n) is 5.08. The highest BCUT2D eigenvalue weighted by atomic mass is 79.9. The van der Waals surface area contributed by atoms with Gasteiger partial charge in [-0.05, 0) is 64.3 Å². The van der Waals surface area contributed by atoms with Gasteiger partial charge in [-0.3, -0.25) is 0 Å². The van der Waals surface area contributed by atoms with Crippen molar-refractivity contribution in [1.29, 1.82) is 0 Å². The Bertz CT molecular complexity index is 468. The Morgan fingerprint density at radius 3 is 2.81 bits per heavy atom. The summed E-state index contributed by atoms with van der Waals surface area (Å²) in [5.41, 5.74) is 3.41. The van der Waals surface area contributed by atoms with Gasteiger partial charge in [0.1, 0.15) is 4.60 Å². The number of rotatable bonds is 3. The van der Waals surface area contributed by atoms with Crippen LogP contribution in [0, 0.1) is 6.92 Å². The molecular formula is C12H13BrN2S. The molecule has 2 rings (SSSR count). The summed E-state index contributed by atoms with van der Waals surface area (Å²) in [7, 11) is 0. The topological polar surface area (TPSA) is 24.9 Å². The number of halogens is 1. The zero-order valence-electron chi connectivity index (χ0n) is 9.20. The van der Waals surface area contributed by atoms with E-state index in [0.29, 0.717) is 6.04 Å². The standard InChI is InChI=1S/C12H13BrN2S/c1-8(10-5-6-16-7-10)14-11-3-4-12(13)15-9(11)2/h3-8,14H,1-2H3. The van der Waals surface area contributed by atoms with Crippen LogP contribution in [0.1, 0.15) is 24.2 Å². The maximum absolute atomic E-state index is 4.36. The maximum atomic E-state index is 4.36. The molecule has 0 bridgehead atoms.